The van der Waals surface area contributed by atoms with Crippen molar-refractivity contribution in [2.75, 3.05) is 0 Å². The van der Waals surface area contributed by atoms with Gasteiger partial charge in [0, 0.05) is 10.3 Å². The molecule has 0 saturated carbocycles. The zero-order valence-electron chi connectivity index (χ0n) is 12.4. The van der Waals surface area contributed by atoms with Gasteiger partial charge < -0.3 is 5.32 Å². The van der Waals surface area contributed by atoms with Crippen molar-refractivity contribution in [1.29, 1.82) is 0 Å². The van der Waals surface area contributed by atoms with Crippen molar-refractivity contribution in [3.63, 3.8) is 0 Å². The maximum Gasteiger partial charge on any atom is 0.252 e. The Morgan fingerprint density at radius 2 is 1.90 bits per heavy atom. The SMILES string of the molecule is C[C@H](NC(=O)c1csc2c1CCCCC2)c1ccccc1. The molecule has 2 nitrogen and oxygen atoms in total. The third kappa shape index (κ3) is 3.18. The minimum Gasteiger partial charge on any atom is -0.345 e. The lowest BCUT2D eigenvalue weighted by Crippen LogP contribution is -2.27. The highest BCUT2D eigenvalue weighted by Gasteiger charge is 2.20. The van der Waals surface area contributed by atoms with E-state index in [1.807, 2.05) is 30.5 Å². The number of fused-ring (bicyclic) bond motifs is 1. The first-order valence-corrected chi connectivity index (χ1v) is 8.58. The largest absolute Gasteiger partial charge is 0.345 e. The molecule has 0 radical (unpaired) electrons. The van der Waals surface area contributed by atoms with Crippen LogP contribution in [0.1, 0.15) is 58.6 Å². The Bertz CT molecular complexity index is 617. The fraction of sp³-hybridized carbons (Fsp3) is 0.389. The topological polar surface area (TPSA) is 29.1 Å². The Kier molecular flexibility index (Phi) is 4.39. The summed E-state index contributed by atoms with van der Waals surface area (Å²) in [5, 5.41) is 5.18. The molecule has 0 fully saturated rings. The van der Waals surface area contributed by atoms with Crippen LogP contribution in [-0.4, -0.2) is 5.91 Å². The molecule has 1 aromatic heterocycles. The summed E-state index contributed by atoms with van der Waals surface area (Å²) < 4.78 is 0. The molecule has 3 rings (SSSR count). The minimum absolute atomic E-state index is 0.0417. The molecular formula is C18H21NOS. The van der Waals surface area contributed by atoms with E-state index in [1.165, 1.54) is 29.7 Å². The first-order chi connectivity index (χ1) is 10.3. The zero-order valence-corrected chi connectivity index (χ0v) is 13.2. The molecule has 2 aromatic rings. The van der Waals surface area contributed by atoms with Crippen LogP contribution in [0, 0.1) is 0 Å². The second kappa shape index (κ2) is 6.44. The Labute approximate surface area is 130 Å². The summed E-state index contributed by atoms with van der Waals surface area (Å²) in [6.45, 7) is 2.04. The van der Waals surface area contributed by atoms with Crippen LogP contribution in [0.2, 0.25) is 0 Å². The molecule has 3 heteroatoms. The fourth-order valence-electron chi connectivity index (χ4n) is 2.96. The van der Waals surface area contributed by atoms with Gasteiger partial charge in [0.15, 0.2) is 0 Å². The maximum atomic E-state index is 12.6. The molecule has 1 N–H and O–H groups in total. The third-order valence-corrected chi connectivity index (χ3v) is 5.29. The van der Waals surface area contributed by atoms with E-state index in [-0.39, 0.29) is 11.9 Å². The lowest BCUT2D eigenvalue weighted by molar-refractivity contribution is 0.0939. The lowest BCUT2D eigenvalue weighted by atomic mass is 10.0. The van der Waals surface area contributed by atoms with Crippen molar-refractivity contribution >= 4 is 17.2 Å². The molecule has 1 amide bonds. The minimum atomic E-state index is 0.0417. The molecule has 0 bridgehead atoms. The van der Waals surface area contributed by atoms with Gasteiger partial charge in [0.2, 0.25) is 0 Å². The van der Waals surface area contributed by atoms with Gasteiger partial charge in [-0.25, -0.2) is 0 Å². The summed E-state index contributed by atoms with van der Waals surface area (Å²) in [7, 11) is 0. The Morgan fingerprint density at radius 3 is 2.71 bits per heavy atom. The first-order valence-electron chi connectivity index (χ1n) is 7.71. The number of hydrogen-bond acceptors (Lipinski definition) is 2. The first kappa shape index (κ1) is 14.3. The van der Waals surface area contributed by atoms with Gasteiger partial charge in [-0.1, -0.05) is 36.8 Å². The van der Waals surface area contributed by atoms with Crippen molar-refractivity contribution in [3.05, 3.63) is 57.3 Å². The quantitative estimate of drug-likeness (QED) is 0.830. The number of carbonyl (C=O) groups excluding carboxylic acids is 1. The number of thiophene rings is 1. The highest BCUT2D eigenvalue weighted by atomic mass is 32.1. The molecule has 0 aliphatic heterocycles. The normalized spacial score (nSPS) is 15.9. The summed E-state index contributed by atoms with van der Waals surface area (Å²) in [5.41, 5.74) is 3.35. The number of hydrogen-bond donors (Lipinski definition) is 1. The van der Waals surface area contributed by atoms with E-state index in [0.29, 0.717) is 0 Å². The number of rotatable bonds is 3. The number of carbonyl (C=O) groups is 1. The van der Waals surface area contributed by atoms with Crippen LogP contribution in [0.3, 0.4) is 0 Å². The van der Waals surface area contributed by atoms with E-state index in [0.717, 1.165) is 24.0 Å². The van der Waals surface area contributed by atoms with Crippen molar-refractivity contribution in [2.45, 2.75) is 45.1 Å². The average Bonchev–Trinajstić information content (AvgIpc) is 2.77. The predicted molar refractivity (Wildman–Crippen MR) is 87.9 cm³/mol. The van der Waals surface area contributed by atoms with Gasteiger partial charge >= 0.3 is 0 Å². The maximum absolute atomic E-state index is 12.6. The number of amides is 1. The molecule has 1 aromatic carbocycles. The van der Waals surface area contributed by atoms with E-state index in [2.05, 4.69) is 17.4 Å². The average molecular weight is 299 g/mol. The molecule has 0 saturated heterocycles. The predicted octanol–water partition coefficient (Wildman–Crippen LogP) is 4.51. The van der Waals surface area contributed by atoms with Crippen LogP contribution in [0.15, 0.2) is 35.7 Å². The van der Waals surface area contributed by atoms with Crippen LogP contribution in [-0.2, 0) is 12.8 Å². The summed E-state index contributed by atoms with van der Waals surface area (Å²) in [6.07, 6.45) is 5.94. The zero-order chi connectivity index (χ0) is 14.7. The van der Waals surface area contributed by atoms with Gasteiger partial charge in [0.1, 0.15) is 0 Å². The molecule has 1 aliphatic rings. The van der Waals surface area contributed by atoms with Crippen LogP contribution < -0.4 is 5.32 Å². The van der Waals surface area contributed by atoms with Crippen molar-refractivity contribution < 1.29 is 4.79 Å². The molecular weight excluding hydrogens is 278 g/mol. The fourth-order valence-corrected chi connectivity index (χ4v) is 4.09. The Hall–Kier alpha value is -1.61. The summed E-state index contributed by atoms with van der Waals surface area (Å²) in [6, 6.07) is 10.2. The number of nitrogens with one attached hydrogen (secondary N) is 1. The molecule has 1 heterocycles. The smallest absolute Gasteiger partial charge is 0.252 e. The van der Waals surface area contributed by atoms with Gasteiger partial charge in [-0.15, -0.1) is 11.3 Å². The van der Waals surface area contributed by atoms with E-state index < -0.39 is 0 Å². The second-order valence-corrected chi connectivity index (χ2v) is 6.68. The van der Waals surface area contributed by atoms with Crippen molar-refractivity contribution in [2.24, 2.45) is 0 Å². The Morgan fingerprint density at radius 1 is 1.14 bits per heavy atom. The Balaban J connectivity index is 1.75. The number of benzene rings is 1. The van der Waals surface area contributed by atoms with E-state index in [9.17, 15) is 4.79 Å². The summed E-state index contributed by atoms with van der Waals surface area (Å²) in [4.78, 5) is 14.0. The van der Waals surface area contributed by atoms with Crippen LogP contribution >= 0.6 is 11.3 Å². The number of aryl methyl sites for hydroxylation is 1. The van der Waals surface area contributed by atoms with Gasteiger partial charge in [-0.05, 0) is 43.7 Å². The van der Waals surface area contributed by atoms with Gasteiger partial charge in [-0.2, -0.15) is 0 Å². The summed E-state index contributed by atoms with van der Waals surface area (Å²) in [5.74, 6) is 0.0748. The van der Waals surface area contributed by atoms with E-state index >= 15 is 0 Å². The molecule has 1 aliphatic carbocycles. The highest BCUT2D eigenvalue weighted by Crippen LogP contribution is 2.29. The van der Waals surface area contributed by atoms with Crippen molar-refractivity contribution in [3.8, 4) is 0 Å². The van der Waals surface area contributed by atoms with Crippen LogP contribution in [0.4, 0.5) is 0 Å². The molecule has 0 unspecified atom stereocenters. The van der Waals surface area contributed by atoms with Crippen LogP contribution in [0.25, 0.3) is 0 Å². The van der Waals surface area contributed by atoms with Gasteiger partial charge in [0.25, 0.3) is 5.91 Å². The molecule has 0 spiro atoms. The van der Waals surface area contributed by atoms with Gasteiger partial charge in [0.05, 0.1) is 11.6 Å². The third-order valence-electron chi connectivity index (χ3n) is 4.20. The van der Waals surface area contributed by atoms with Crippen molar-refractivity contribution in [1.82, 2.24) is 5.32 Å². The molecule has 110 valence electrons. The second-order valence-electron chi connectivity index (χ2n) is 5.72. The lowest BCUT2D eigenvalue weighted by Gasteiger charge is -2.14. The monoisotopic (exact) mass is 299 g/mol. The molecule has 1 atom stereocenters. The summed E-state index contributed by atoms with van der Waals surface area (Å²) >= 11 is 1.76. The van der Waals surface area contributed by atoms with Gasteiger partial charge in [-0.3, -0.25) is 4.79 Å². The standard InChI is InChI=1S/C18H21NOS/c1-13(14-8-4-2-5-9-14)19-18(20)16-12-21-17-11-7-3-6-10-15(16)17/h2,4-5,8-9,12-13H,3,6-7,10-11H2,1H3,(H,19,20)/t13-/m0/s1. The highest BCUT2D eigenvalue weighted by molar-refractivity contribution is 7.10. The van der Waals surface area contributed by atoms with E-state index in [4.69, 9.17) is 0 Å². The molecule has 21 heavy (non-hydrogen) atoms. The van der Waals surface area contributed by atoms with E-state index in [1.54, 1.807) is 11.3 Å². The van der Waals surface area contributed by atoms with Crippen LogP contribution in [0.5, 0.6) is 0 Å².